The zero-order valence-corrected chi connectivity index (χ0v) is 6.82. The monoisotopic (exact) mass is 159 g/mol. The smallest absolute Gasteiger partial charge is 0.0527 e. The summed E-state index contributed by atoms with van der Waals surface area (Å²) in [6.07, 6.45) is 1.88. The van der Waals surface area contributed by atoms with Crippen molar-refractivity contribution in [2.24, 2.45) is 0 Å². The van der Waals surface area contributed by atoms with Gasteiger partial charge in [0.2, 0.25) is 0 Å². The van der Waals surface area contributed by atoms with Gasteiger partial charge in [0, 0.05) is 10.8 Å². The molecule has 2 aromatic rings. The number of fused-ring (bicyclic) bond motifs is 1. The van der Waals surface area contributed by atoms with Crippen LogP contribution in [0.4, 0.5) is 0 Å². The fourth-order valence-corrected chi connectivity index (χ4v) is 1.88. The number of rotatable bonds is 1. The largest absolute Gasteiger partial charge is 0.142 e. The maximum Gasteiger partial charge on any atom is 0.0527 e. The van der Waals surface area contributed by atoms with E-state index in [1.54, 1.807) is 11.3 Å². The molecule has 2 rings (SSSR count). The van der Waals surface area contributed by atoms with Gasteiger partial charge in [-0.2, -0.15) is 0 Å². The van der Waals surface area contributed by atoms with Crippen LogP contribution in [-0.2, 0) is 0 Å². The molecule has 1 aromatic heterocycles. The second-order valence-electron chi connectivity index (χ2n) is 2.35. The van der Waals surface area contributed by atoms with Gasteiger partial charge in [-0.15, -0.1) is 11.3 Å². The van der Waals surface area contributed by atoms with Gasteiger partial charge in [-0.25, -0.2) is 0 Å². The normalized spacial score (nSPS) is 10.2. The third-order valence-corrected chi connectivity index (χ3v) is 2.40. The highest BCUT2D eigenvalue weighted by Crippen LogP contribution is 2.22. The molecule has 53 valence electrons. The number of thiophene rings is 1. The summed E-state index contributed by atoms with van der Waals surface area (Å²) in [4.78, 5) is 0. The van der Waals surface area contributed by atoms with Crippen LogP contribution in [0, 0.1) is 5.38 Å². The van der Waals surface area contributed by atoms with Crippen LogP contribution in [-0.4, -0.2) is 0 Å². The SMILES string of the molecule is C=Cc1cccc2[c]scc12. The Morgan fingerprint density at radius 1 is 1.45 bits per heavy atom. The molecule has 0 atom stereocenters. The molecule has 1 aromatic carbocycles. The van der Waals surface area contributed by atoms with Crippen molar-refractivity contribution in [3.05, 3.63) is 41.1 Å². The molecule has 0 amide bonds. The zero-order valence-electron chi connectivity index (χ0n) is 6.00. The molecule has 0 aliphatic rings. The molecule has 0 bridgehead atoms. The minimum atomic E-state index is 1.19. The summed E-state index contributed by atoms with van der Waals surface area (Å²) in [6, 6.07) is 6.16. The Labute approximate surface area is 69.8 Å². The van der Waals surface area contributed by atoms with Gasteiger partial charge in [-0.05, 0) is 10.9 Å². The molecular weight excluding hydrogens is 152 g/mol. The lowest BCUT2D eigenvalue weighted by Crippen LogP contribution is -1.70. The summed E-state index contributed by atoms with van der Waals surface area (Å²) in [7, 11) is 0. The summed E-state index contributed by atoms with van der Waals surface area (Å²) >= 11 is 1.61. The van der Waals surface area contributed by atoms with Crippen LogP contribution < -0.4 is 0 Å². The van der Waals surface area contributed by atoms with E-state index in [1.165, 1.54) is 16.3 Å². The lowest BCUT2D eigenvalue weighted by molar-refractivity contribution is 1.78. The number of benzene rings is 1. The Hall–Kier alpha value is -1.08. The molecule has 11 heavy (non-hydrogen) atoms. The van der Waals surface area contributed by atoms with E-state index in [0.717, 1.165) is 0 Å². The third kappa shape index (κ3) is 0.976. The molecule has 0 saturated heterocycles. The van der Waals surface area contributed by atoms with Gasteiger partial charge < -0.3 is 0 Å². The van der Waals surface area contributed by atoms with E-state index in [0.29, 0.717) is 0 Å². The van der Waals surface area contributed by atoms with Crippen LogP contribution in [0.3, 0.4) is 0 Å². The highest BCUT2D eigenvalue weighted by atomic mass is 32.1. The summed E-state index contributed by atoms with van der Waals surface area (Å²) in [5, 5.41) is 7.74. The van der Waals surface area contributed by atoms with Gasteiger partial charge in [0.15, 0.2) is 0 Å². The second-order valence-corrected chi connectivity index (χ2v) is 3.03. The predicted octanol–water partition coefficient (Wildman–Crippen LogP) is 3.34. The van der Waals surface area contributed by atoms with Crippen molar-refractivity contribution in [3.63, 3.8) is 0 Å². The first-order chi connectivity index (χ1) is 5.42. The molecule has 0 aliphatic carbocycles. The van der Waals surface area contributed by atoms with Crippen molar-refractivity contribution >= 4 is 28.2 Å². The maximum atomic E-state index is 3.75. The Morgan fingerprint density at radius 2 is 2.36 bits per heavy atom. The molecule has 0 aliphatic heterocycles. The molecule has 1 heterocycles. The van der Waals surface area contributed by atoms with Gasteiger partial charge >= 0.3 is 0 Å². The first kappa shape index (κ1) is 6.62. The summed E-state index contributed by atoms with van der Waals surface area (Å²) < 4.78 is 0. The van der Waals surface area contributed by atoms with Crippen LogP contribution >= 0.6 is 11.3 Å². The second kappa shape index (κ2) is 2.51. The Bertz CT molecular complexity index is 384. The quantitative estimate of drug-likeness (QED) is 0.598. The van der Waals surface area contributed by atoms with Crippen LogP contribution in [0.25, 0.3) is 16.8 Å². The van der Waals surface area contributed by atoms with Crippen LogP contribution in [0.5, 0.6) is 0 Å². The average molecular weight is 159 g/mol. The highest BCUT2D eigenvalue weighted by molar-refractivity contribution is 7.08. The first-order valence-electron chi connectivity index (χ1n) is 3.42. The lowest BCUT2D eigenvalue weighted by atomic mass is 10.1. The Balaban J connectivity index is 2.88. The molecule has 0 fully saturated rings. The molecule has 0 N–H and O–H groups in total. The standard InChI is InChI=1S/C10H7S/c1-2-8-4-3-5-9-6-11-7-10(8)9/h2-5,7H,1H2. The number of hydrogen-bond acceptors (Lipinski definition) is 1. The van der Waals surface area contributed by atoms with Crippen molar-refractivity contribution in [1.82, 2.24) is 0 Å². The fourth-order valence-electron chi connectivity index (χ4n) is 1.13. The Morgan fingerprint density at radius 3 is 3.18 bits per heavy atom. The van der Waals surface area contributed by atoms with Gasteiger partial charge in [-0.3, -0.25) is 0 Å². The van der Waals surface area contributed by atoms with Crippen LogP contribution in [0.15, 0.2) is 30.2 Å². The third-order valence-electron chi connectivity index (χ3n) is 1.71. The maximum absolute atomic E-state index is 3.75. The first-order valence-corrected chi connectivity index (χ1v) is 4.30. The summed E-state index contributed by atoms with van der Waals surface area (Å²) in [5.74, 6) is 0. The summed E-state index contributed by atoms with van der Waals surface area (Å²) in [5.41, 5.74) is 1.19. The minimum absolute atomic E-state index is 1.19. The van der Waals surface area contributed by atoms with Gasteiger partial charge in [0.05, 0.1) is 5.38 Å². The van der Waals surface area contributed by atoms with Crippen molar-refractivity contribution in [1.29, 1.82) is 0 Å². The molecular formula is C10H7S. The van der Waals surface area contributed by atoms with Crippen molar-refractivity contribution < 1.29 is 0 Å². The van der Waals surface area contributed by atoms with Crippen LogP contribution in [0.1, 0.15) is 5.56 Å². The minimum Gasteiger partial charge on any atom is -0.142 e. The lowest BCUT2D eigenvalue weighted by Gasteiger charge is -1.93. The Kier molecular flexibility index (Phi) is 1.51. The van der Waals surface area contributed by atoms with Gasteiger partial charge in [0.1, 0.15) is 0 Å². The van der Waals surface area contributed by atoms with Crippen molar-refractivity contribution in [3.8, 4) is 0 Å². The summed E-state index contributed by atoms with van der Waals surface area (Å²) in [6.45, 7) is 3.75. The average Bonchev–Trinajstić information content (AvgIpc) is 2.50. The fraction of sp³-hybridized carbons (Fsp3) is 0. The van der Waals surface area contributed by atoms with E-state index in [4.69, 9.17) is 0 Å². The van der Waals surface area contributed by atoms with Crippen molar-refractivity contribution in [2.75, 3.05) is 0 Å². The number of hydrogen-bond donors (Lipinski definition) is 0. The molecule has 0 unspecified atom stereocenters. The van der Waals surface area contributed by atoms with E-state index in [9.17, 15) is 0 Å². The zero-order chi connectivity index (χ0) is 7.68. The van der Waals surface area contributed by atoms with Gasteiger partial charge in [-0.1, -0.05) is 30.9 Å². The van der Waals surface area contributed by atoms with E-state index in [-0.39, 0.29) is 0 Å². The molecule has 0 nitrogen and oxygen atoms in total. The van der Waals surface area contributed by atoms with Gasteiger partial charge in [0.25, 0.3) is 0 Å². The molecule has 0 spiro atoms. The highest BCUT2D eigenvalue weighted by Gasteiger charge is 1.96. The van der Waals surface area contributed by atoms with Crippen molar-refractivity contribution in [2.45, 2.75) is 0 Å². The van der Waals surface area contributed by atoms with Crippen LogP contribution in [0.2, 0.25) is 0 Å². The van der Waals surface area contributed by atoms with E-state index < -0.39 is 0 Å². The molecule has 1 radical (unpaired) electrons. The predicted molar refractivity (Wildman–Crippen MR) is 50.8 cm³/mol. The van der Waals surface area contributed by atoms with E-state index in [1.807, 2.05) is 12.1 Å². The van der Waals surface area contributed by atoms with E-state index >= 15 is 0 Å². The molecule has 1 heteroatoms. The topological polar surface area (TPSA) is 0 Å². The molecule has 0 saturated carbocycles. The van der Waals surface area contributed by atoms with E-state index in [2.05, 4.69) is 29.5 Å².